The molecule has 19 heavy (non-hydrogen) atoms. The third-order valence-corrected chi connectivity index (χ3v) is 3.54. The van der Waals surface area contributed by atoms with Gasteiger partial charge < -0.3 is 10.0 Å². The van der Waals surface area contributed by atoms with Crippen LogP contribution in [0.25, 0.3) is 0 Å². The van der Waals surface area contributed by atoms with Crippen LogP contribution in [0.5, 0.6) is 0 Å². The Bertz CT molecular complexity index is 281. The number of carbonyl (C=O) groups excluding carboxylic acids is 1. The third-order valence-electron chi connectivity index (χ3n) is 3.54. The van der Waals surface area contributed by atoms with Gasteiger partial charge in [0.2, 0.25) is 5.91 Å². The van der Waals surface area contributed by atoms with Gasteiger partial charge in [-0.1, -0.05) is 40.2 Å². The molecule has 3 nitrogen and oxygen atoms in total. The van der Waals surface area contributed by atoms with Crippen LogP contribution in [0.4, 0.5) is 0 Å². The van der Waals surface area contributed by atoms with Crippen molar-refractivity contribution in [3.63, 3.8) is 0 Å². The van der Waals surface area contributed by atoms with Gasteiger partial charge in [-0.05, 0) is 24.2 Å². The summed E-state index contributed by atoms with van der Waals surface area (Å²) in [5, 5.41) is 10.0. The zero-order chi connectivity index (χ0) is 15.1. The van der Waals surface area contributed by atoms with Crippen molar-refractivity contribution in [1.29, 1.82) is 0 Å². The highest BCUT2D eigenvalue weighted by molar-refractivity contribution is 5.75. The molecular formula is C16H31NO2. The van der Waals surface area contributed by atoms with Crippen LogP contribution in [0.2, 0.25) is 0 Å². The summed E-state index contributed by atoms with van der Waals surface area (Å²) in [6, 6.07) is 0. The standard InChI is InChI=1S/C16H31NO2/c1-7-11-17(6)15(19)10-8-9-13(2)12-14(18)16(3,4)5/h7,13-14,18H,1,8-12H2,2-6H3/t13-,14-/m1/s1. The zero-order valence-corrected chi connectivity index (χ0v) is 13.3. The van der Waals surface area contributed by atoms with Crippen molar-refractivity contribution in [3.05, 3.63) is 12.7 Å². The molecular weight excluding hydrogens is 238 g/mol. The van der Waals surface area contributed by atoms with Crippen molar-refractivity contribution in [1.82, 2.24) is 4.90 Å². The topological polar surface area (TPSA) is 40.5 Å². The summed E-state index contributed by atoms with van der Waals surface area (Å²) >= 11 is 0. The first-order chi connectivity index (χ1) is 8.68. The second-order valence-corrected chi connectivity index (χ2v) is 6.68. The molecule has 0 saturated heterocycles. The summed E-state index contributed by atoms with van der Waals surface area (Å²) in [5.74, 6) is 0.621. The van der Waals surface area contributed by atoms with Crippen molar-refractivity contribution in [2.24, 2.45) is 11.3 Å². The van der Waals surface area contributed by atoms with Gasteiger partial charge in [-0.25, -0.2) is 0 Å². The Labute approximate surface area is 118 Å². The number of hydrogen-bond acceptors (Lipinski definition) is 2. The number of nitrogens with zero attached hydrogens (tertiary/aromatic N) is 1. The highest BCUT2D eigenvalue weighted by atomic mass is 16.3. The molecule has 0 bridgehead atoms. The van der Waals surface area contributed by atoms with Gasteiger partial charge in [0.1, 0.15) is 0 Å². The molecule has 112 valence electrons. The lowest BCUT2D eigenvalue weighted by atomic mass is 9.83. The van der Waals surface area contributed by atoms with Crippen LogP contribution in [0.1, 0.15) is 53.4 Å². The summed E-state index contributed by atoms with van der Waals surface area (Å²) in [4.78, 5) is 13.4. The molecule has 0 aromatic heterocycles. The molecule has 1 amide bonds. The molecule has 0 spiro atoms. The van der Waals surface area contributed by atoms with Gasteiger partial charge in [-0.2, -0.15) is 0 Å². The van der Waals surface area contributed by atoms with E-state index < -0.39 is 0 Å². The molecule has 0 heterocycles. The predicted molar refractivity (Wildman–Crippen MR) is 80.9 cm³/mol. The van der Waals surface area contributed by atoms with E-state index in [1.54, 1.807) is 18.0 Å². The number of hydrogen-bond donors (Lipinski definition) is 1. The molecule has 1 N–H and O–H groups in total. The molecule has 0 aromatic rings. The average molecular weight is 269 g/mol. The summed E-state index contributed by atoms with van der Waals surface area (Å²) < 4.78 is 0. The van der Waals surface area contributed by atoms with Crippen LogP contribution >= 0.6 is 0 Å². The molecule has 0 saturated carbocycles. The lowest BCUT2D eigenvalue weighted by molar-refractivity contribution is -0.129. The van der Waals surface area contributed by atoms with Crippen LogP contribution in [0.3, 0.4) is 0 Å². The van der Waals surface area contributed by atoms with Gasteiger partial charge in [0, 0.05) is 20.0 Å². The molecule has 0 fully saturated rings. The Morgan fingerprint density at radius 2 is 2.00 bits per heavy atom. The second kappa shape index (κ2) is 8.36. The first-order valence-electron chi connectivity index (χ1n) is 7.21. The Morgan fingerprint density at radius 3 is 2.47 bits per heavy atom. The Kier molecular flexibility index (Phi) is 8.00. The molecule has 0 aliphatic heterocycles. The molecule has 0 unspecified atom stereocenters. The van der Waals surface area contributed by atoms with E-state index in [-0.39, 0.29) is 17.4 Å². The lowest BCUT2D eigenvalue weighted by Crippen LogP contribution is -2.28. The van der Waals surface area contributed by atoms with Crippen LogP contribution in [0, 0.1) is 11.3 Å². The van der Waals surface area contributed by atoms with Crippen LogP contribution < -0.4 is 0 Å². The van der Waals surface area contributed by atoms with Crippen molar-refractivity contribution >= 4 is 5.91 Å². The highest BCUT2D eigenvalue weighted by Crippen LogP contribution is 2.26. The van der Waals surface area contributed by atoms with Gasteiger partial charge in [-0.3, -0.25) is 4.79 Å². The number of amides is 1. The van der Waals surface area contributed by atoms with E-state index in [0.29, 0.717) is 18.9 Å². The van der Waals surface area contributed by atoms with Crippen LogP contribution in [0.15, 0.2) is 12.7 Å². The summed E-state index contributed by atoms with van der Waals surface area (Å²) in [5.41, 5.74) is -0.0613. The summed E-state index contributed by atoms with van der Waals surface area (Å²) in [7, 11) is 1.80. The Morgan fingerprint density at radius 1 is 1.42 bits per heavy atom. The maximum Gasteiger partial charge on any atom is 0.222 e. The molecule has 0 rings (SSSR count). The monoisotopic (exact) mass is 269 g/mol. The molecule has 0 aromatic carbocycles. The molecule has 0 aliphatic carbocycles. The van der Waals surface area contributed by atoms with Gasteiger partial charge in [-0.15, -0.1) is 6.58 Å². The molecule has 0 aliphatic rings. The largest absolute Gasteiger partial charge is 0.393 e. The van der Waals surface area contributed by atoms with E-state index in [1.165, 1.54) is 0 Å². The van der Waals surface area contributed by atoms with Crippen molar-refractivity contribution < 1.29 is 9.90 Å². The maximum atomic E-state index is 11.7. The van der Waals surface area contributed by atoms with Gasteiger partial charge in [0.25, 0.3) is 0 Å². The van der Waals surface area contributed by atoms with E-state index in [9.17, 15) is 9.90 Å². The fourth-order valence-electron chi connectivity index (χ4n) is 1.94. The predicted octanol–water partition coefficient (Wildman–Crippen LogP) is 3.23. The van der Waals surface area contributed by atoms with Crippen molar-refractivity contribution in [2.45, 2.75) is 59.5 Å². The fourth-order valence-corrected chi connectivity index (χ4v) is 1.94. The van der Waals surface area contributed by atoms with E-state index in [0.717, 1.165) is 19.3 Å². The van der Waals surface area contributed by atoms with E-state index in [1.807, 2.05) is 0 Å². The summed E-state index contributed by atoms with van der Waals surface area (Å²) in [6.07, 6.45) is 4.72. The second-order valence-electron chi connectivity index (χ2n) is 6.68. The van der Waals surface area contributed by atoms with E-state index in [2.05, 4.69) is 34.3 Å². The number of rotatable bonds is 8. The molecule has 2 atom stereocenters. The smallest absolute Gasteiger partial charge is 0.222 e. The average Bonchev–Trinajstić information content (AvgIpc) is 2.27. The fraction of sp³-hybridized carbons (Fsp3) is 0.812. The Balaban J connectivity index is 3.89. The van der Waals surface area contributed by atoms with Gasteiger partial charge >= 0.3 is 0 Å². The Hall–Kier alpha value is -0.830. The summed E-state index contributed by atoms with van der Waals surface area (Å²) in [6.45, 7) is 12.5. The van der Waals surface area contributed by atoms with Crippen molar-refractivity contribution in [2.75, 3.05) is 13.6 Å². The molecule has 0 radical (unpaired) electrons. The minimum absolute atomic E-state index is 0.0613. The molecule has 3 heteroatoms. The zero-order valence-electron chi connectivity index (χ0n) is 13.3. The number of aliphatic hydroxyl groups excluding tert-OH is 1. The first-order valence-corrected chi connectivity index (χ1v) is 7.21. The van der Waals surface area contributed by atoms with Crippen LogP contribution in [-0.4, -0.2) is 35.6 Å². The maximum absolute atomic E-state index is 11.7. The number of likely N-dealkylation sites (N-methyl/N-ethyl adjacent to an activating group) is 1. The number of aliphatic hydroxyl groups is 1. The first kappa shape index (κ1) is 18.2. The highest BCUT2D eigenvalue weighted by Gasteiger charge is 2.23. The quantitative estimate of drug-likeness (QED) is 0.687. The lowest BCUT2D eigenvalue weighted by Gasteiger charge is -2.28. The van der Waals surface area contributed by atoms with Crippen molar-refractivity contribution in [3.8, 4) is 0 Å². The minimum atomic E-state index is -0.276. The minimum Gasteiger partial charge on any atom is -0.393 e. The van der Waals surface area contributed by atoms with Gasteiger partial charge in [0.05, 0.1) is 6.10 Å². The van der Waals surface area contributed by atoms with Crippen LogP contribution in [-0.2, 0) is 4.79 Å². The number of carbonyl (C=O) groups is 1. The van der Waals surface area contributed by atoms with E-state index in [4.69, 9.17) is 0 Å². The SMILES string of the molecule is C=CCN(C)C(=O)CCC[C@@H](C)C[C@@H](O)C(C)(C)C. The van der Waals surface area contributed by atoms with E-state index >= 15 is 0 Å². The normalized spacial score (nSPS) is 14.8. The van der Waals surface area contributed by atoms with Gasteiger partial charge in [0.15, 0.2) is 0 Å². The third kappa shape index (κ3) is 8.04.